The van der Waals surface area contributed by atoms with Crippen molar-refractivity contribution in [3.8, 4) is 17.1 Å². The Labute approximate surface area is 209 Å². The first kappa shape index (κ1) is 24.2. The highest BCUT2D eigenvalue weighted by Gasteiger charge is 2.22. The van der Waals surface area contributed by atoms with Crippen molar-refractivity contribution in [3.63, 3.8) is 0 Å². The lowest BCUT2D eigenvalue weighted by atomic mass is 10.1. The highest BCUT2D eigenvalue weighted by molar-refractivity contribution is 8.00. The van der Waals surface area contributed by atoms with Crippen LogP contribution < -0.4 is 10.6 Å². The van der Waals surface area contributed by atoms with Gasteiger partial charge >= 0.3 is 0 Å². The molecule has 7 nitrogen and oxygen atoms in total. The summed E-state index contributed by atoms with van der Waals surface area (Å²) in [5, 5.41) is 14.5. The number of para-hydroxylation sites is 2. The molecule has 0 aliphatic carbocycles. The second-order valence-electron chi connectivity index (χ2n) is 8.14. The number of nitrogens with one attached hydrogen (secondary N) is 2. The Hall–Kier alpha value is -3.91. The Morgan fingerprint density at radius 2 is 1.51 bits per heavy atom. The van der Waals surface area contributed by atoms with Crippen LogP contribution in [-0.4, -0.2) is 38.4 Å². The first-order valence-corrected chi connectivity index (χ1v) is 12.2. The minimum absolute atomic E-state index is 0.113. The van der Waals surface area contributed by atoms with E-state index in [9.17, 15) is 9.59 Å². The standard InChI is InChI=1S/C27H27N5O2S/c1-18-11-10-12-19(2)24(18)29-23(33)17-28-26(34)20(3)35-27-31-30-25(21-13-6-4-7-14-21)32(27)22-15-8-5-9-16-22/h4-16,20H,17H2,1-3H3,(H,28,34)(H,29,33). The van der Waals surface area contributed by atoms with Gasteiger partial charge in [-0.15, -0.1) is 10.2 Å². The summed E-state index contributed by atoms with van der Waals surface area (Å²) < 4.78 is 1.94. The van der Waals surface area contributed by atoms with E-state index in [-0.39, 0.29) is 18.4 Å². The molecule has 0 fully saturated rings. The SMILES string of the molecule is Cc1cccc(C)c1NC(=O)CNC(=O)C(C)Sc1nnc(-c2ccccc2)n1-c1ccccc1. The summed E-state index contributed by atoms with van der Waals surface area (Å²) in [5.41, 5.74) is 4.56. The summed E-state index contributed by atoms with van der Waals surface area (Å²) in [6, 6.07) is 25.4. The van der Waals surface area contributed by atoms with Crippen molar-refractivity contribution < 1.29 is 9.59 Å². The highest BCUT2D eigenvalue weighted by Crippen LogP contribution is 2.30. The van der Waals surface area contributed by atoms with Crippen molar-refractivity contribution in [1.29, 1.82) is 0 Å². The van der Waals surface area contributed by atoms with Crippen LogP contribution in [0.3, 0.4) is 0 Å². The highest BCUT2D eigenvalue weighted by atomic mass is 32.2. The summed E-state index contributed by atoms with van der Waals surface area (Å²) in [7, 11) is 0. The van der Waals surface area contributed by atoms with Crippen LogP contribution in [-0.2, 0) is 9.59 Å². The number of carbonyl (C=O) groups is 2. The van der Waals surface area contributed by atoms with Crippen LogP contribution in [0.4, 0.5) is 5.69 Å². The smallest absolute Gasteiger partial charge is 0.243 e. The number of hydrogen-bond acceptors (Lipinski definition) is 5. The largest absolute Gasteiger partial charge is 0.346 e. The molecule has 0 radical (unpaired) electrons. The van der Waals surface area contributed by atoms with Crippen LogP contribution in [0.5, 0.6) is 0 Å². The van der Waals surface area contributed by atoms with E-state index in [0.29, 0.717) is 11.0 Å². The number of aryl methyl sites for hydroxylation is 2. The number of aromatic nitrogens is 3. The molecule has 0 bridgehead atoms. The van der Waals surface area contributed by atoms with Crippen molar-refractivity contribution in [2.45, 2.75) is 31.2 Å². The number of anilines is 1. The molecule has 2 N–H and O–H groups in total. The molecule has 2 amide bonds. The number of thioether (sulfide) groups is 1. The lowest BCUT2D eigenvalue weighted by molar-refractivity contribution is -0.123. The van der Waals surface area contributed by atoms with Gasteiger partial charge in [-0.1, -0.05) is 78.5 Å². The predicted octanol–water partition coefficient (Wildman–Crippen LogP) is 4.79. The second-order valence-corrected chi connectivity index (χ2v) is 9.44. The summed E-state index contributed by atoms with van der Waals surface area (Å²) in [4.78, 5) is 25.2. The van der Waals surface area contributed by atoms with Gasteiger partial charge in [-0.05, 0) is 44.0 Å². The fourth-order valence-corrected chi connectivity index (χ4v) is 4.54. The van der Waals surface area contributed by atoms with Crippen molar-refractivity contribution in [3.05, 3.63) is 90.0 Å². The Kier molecular flexibility index (Phi) is 7.62. The monoisotopic (exact) mass is 485 g/mol. The van der Waals surface area contributed by atoms with Crippen LogP contribution in [0.15, 0.2) is 84.0 Å². The topological polar surface area (TPSA) is 88.9 Å². The van der Waals surface area contributed by atoms with E-state index >= 15 is 0 Å². The molecule has 0 saturated heterocycles. The van der Waals surface area contributed by atoms with E-state index in [2.05, 4.69) is 20.8 Å². The van der Waals surface area contributed by atoms with E-state index < -0.39 is 5.25 Å². The van der Waals surface area contributed by atoms with Crippen LogP contribution in [0.1, 0.15) is 18.1 Å². The molecular formula is C27H27N5O2S. The van der Waals surface area contributed by atoms with Gasteiger partial charge in [0.2, 0.25) is 11.8 Å². The lowest BCUT2D eigenvalue weighted by Gasteiger charge is -2.15. The maximum Gasteiger partial charge on any atom is 0.243 e. The van der Waals surface area contributed by atoms with Crippen molar-refractivity contribution >= 4 is 29.3 Å². The fourth-order valence-electron chi connectivity index (χ4n) is 3.65. The van der Waals surface area contributed by atoms with Crippen LogP contribution in [0.2, 0.25) is 0 Å². The van der Waals surface area contributed by atoms with Gasteiger partial charge in [0, 0.05) is 16.9 Å². The third kappa shape index (κ3) is 5.78. The number of carbonyl (C=O) groups excluding carboxylic acids is 2. The number of nitrogens with zero attached hydrogens (tertiary/aromatic N) is 3. The van der Waals surface area contributed by atoms with Gasteiger partial charge in [-0.25, -0.2) is 0 Å². The number of hydrogen-bond donors (Lipinski definition) is 2. The average molecular weight is 486 g/mol. The van der Waals surface area contributed by atoms with E-state index in [0.717, 1.165) is 28.1 Å². The Balaban J connectivity index is 1.46. The molecule has 178 valence electrons. The van der Waals surface area contributed by atoms with Crippen molar-refractivity contribution in [1.82, 2.24) is 20.1 Å². The molecule has 1 atom stereocenters. The lowest BCUT2D eigenvalue weighted by Crippen LogP contribution is -2.37. The summed E-state index contributed by atoms with van der Waals surface area (Å²) in [6.07, 6.45) is 0. The third-order valence-corrected chi connectivity index (χ3v) is 6.54. The quantitative estimate of drug-likeness (QED) is 0.351. The maximum absolute atomic E-state index is 12.8. The first-order chi connectivity index (χ1) is 16.9. The molecule has 4 rings (SSSR count). The zero-order valence-corrected chi connectivity index (χ0v) is 20.7. The van der Waals surface area contributed by atoms with E-state index in [1.807, 2.05) is 97.3 Å². The van der Waals surface area contributed by atoms with Gasteiger partial charge in [0.15, 0.2) is 11.0 Å². The zero-order chi connectivity index (χ0) is 24.8. The van der Waals surface area contributed by atoms with Crippen molar-refractivity contribution in [2.24, 2.45) is 0 Å². The third-order valence-electron chi connectivity index (χ3n) is 5.50. The molecule has 3 aromatic carbocycles. The number of benzene rings is 3. The summed E-state index contributed by atoms with van der Waals surface area (Å²) in [6.45, 7) is 5.55. The molecule has 35 heavy (non-hydrogen) atoms. The Bertz CT molecular complexity index is 1300. The number of amides is 2. The second kappa shape index (κ2) is 11.0. The molecular weight excluding hydrogens is 458 g/mol. The molecule has 8 heteroatoms. The molecule has 4 aromatic rings. The first-order valence-electron chi connectivity index (χ1n) is 11.3. The van der Waals surface area contributed by atoms with Gasteiger partial charge in [0.25, 0.3) is 0 Å². The van der Waals surface area contributed by atoms with Gasteiger partial charge in [0.1, 0.15) is 0 Å². The molecule has 0 saturated carbocycles. The van der Waals surface area contributed by atoms with Gasteiger partial charge in [0.05, 0.1) is 11.8 Å². The fraction of sp³-hybridized carbons (Fsp3) is 0.185. The summed E-state index contributed by atoms with van der Waals surface area (Å²) in [5.74, 6) is 0.169. The van der Waals surface area contributed by atoms with Crippen molar-refractivity contribution in [2.75, 3.05) is 11.9 Å². The van der Waals surface area contributed by atoms with E-state index in [1.165, 1.54) is 11.8 Å². The number of rotatable bonds is 8. The molecule has 1 heterocycles. The minimum atomic E-state index is -0.488. The van der Waals surface area contributed by atoms with E-state index in [1.54, 1.807) is 6.92 Å². The van der Waals surface area contributed by atoms with E-state index in [4.69, 9.17) is 0 Å². The van der Waals surface area contributed by atoms with Gasteiger partial charge < -0.3 is 10.6 Å². The molecule has 0 aliphatic heterocycles. The summed E-state index contributed by atoms with van der Waals surface area (Å²) >= 11 is 1.29. The molecule has 1 unspecified atom stereocenters. The Morgan fingerprint density at radius 3 is 2.17 bits per heavy atom. The van der Waals surface area contributed by atoms with Crippen LogP contribution in [0, 0.1) is 13.8 Å². The normalized spacial score (nSPS) is 11.6. The predicted molar refractivity (Wildman–Crippen MR) is 140 cm³/mol. The van der Waals surface area contributed by atoms with Crippen LogP contribution >= 0.6 is 11.8 Å². The van der Waals surface area contributed by atoms with Gasteiger partial charge in [-0.3, -0.25) is 14.2 Å². The van der Waals surface area contributed by atoms with Gasteiger partial charge in [-0.2, -0.15) is 0 Å². The maximum atomic E-state index is 12.8. The molecule has 1 aromatic heterocycles. The zero-order valence-electron chi connectivity index (χ0n) is 19.9. The average Bonchev–Trinajstić information content (AvgIpc) is 3.29. The Morgan fingerprint density at radius 1 is 0.886 bits per heavy atom. The minimum Gasteiger partial charge on any atom is -0.346 e. The molecule has 0 aliphatic rings. The molecule has 0 spiro atoms. The van der Waals surface area contributed by atoms with Crippen LogP contribution in [0.25, 0.3) is 17.1 Å².